The van der Waals surface area contributed by atoms with E-state index in [1.165, 1.54) is 6.42 Å². The molecule has 2 aromatic heterocycles. The highest BCUT2D eigenvalue weighted by Gasteiger charge is 2.22. The predicted molar refractivity (Wildman–Crippen MR) is 84.5 cm³/mol. The van der Waals surface area contributed by atoms with Gasteiger partial charge in [0.15, 0.2) is 4.96 Å². The summed E-state index contributed by atoms with van der Waals surface area (Å²) in [6, 6.07) is -0.147. The van der Waals surface area contributed by atoms with Crippen LogP contribution in [0.4, 0.5) is 0 Å². The van der Waals surface area contributed by atoms with Gasteiger partial charge in [-0.15, -0.1) is 11.3 Å². The Morgan fingerprint density at radius 1 is 1.43 bits per heavy atom. The van der Waals surface area contributed by atoms with Gasteiger partial charge < -0.3 is 10.2 Å². The average molecular weight is 306 g/mol. The minimum atomic E-state index is -0.147. The van der Waals surface area contributed by atoms with E-state index in [9.17, 15) is 4.79 Å². The number of amides is 1. The van der Waals surface area contributed by atoms with Crippen molar-refractivity contribution >= 4 is 22.2 Å². The molecule has 0 aromatic carbocycles. The molecule has 1 N–H and O–H groups in total. The molecule has 21 heavy (non-hydrogen) atoms. The van der Waals surface area contributed by atoms with Crippen molar-refractivity contribution < 1.29 is 4.79 Å². The Labute approximate surface area is 129 Å². The normalized spacial score (nSPS) is 17.3. The molecule has 6 heteroatoms. The molecule has 1 amide bonds. The number of likely N-dealkylation sites (tertiary alicyclic amines) is 1. The van der Waals surface area contributed by atoms with Gasteiger partial charge in [0.1, 0.15) is 0 Å². The summed E-state index contributed by atoms with van der Waals surface area (Å²) in [5.74, 6) is 0.221. The summed E-state index contributed by atoms with van der Waals surface area (Å²) >= 11 is 1.63. The fraction of sp³-hybridized carbons (Fsp3) is 0.600. The summed E-state index contributed by atoms with van der Waals surface area (Å²) in [5, 5.41) is 5.39. The molecule has 5 nitrogen and oxygen atoms in total. The molecule has 0 bridgehead atoms. The lowest BCUT2D eigenvalue weighted by Gasteiger charge is -2.29. The number of rotatable bonds is 4. The number of carbonyl (C=O) groups is 1. The van der Waals surface area contributed by atoms with Crippen molar-refractivity contribution in [1.29, 1.82) is 0 Å². The quantitative estimate of drug-likeness (QED) is 0.942. The monoisotopic (exact) mass is 306 g/mol. The smallest absolute Gasteiger partial charge is 0.239 e. The molecule has 114 valence electrons. The first-order chi connectivity index (χ1) is 10.2. The zero-order chi connectivity index (χ0) is 14.8. The van der Waals surface area contributed by atoms with Gasteiger partial charge in [0.05, 0.1) is 17.4 Å². The van der Waals surface area contributed by atoms with Crippen molar-refractivity contribution in [3.63, 3.8) is 0 Å². The topological polar surface area (TPSA) is 49.6 Å². The van der Waals surface area contributed by atoms with Crippen molar-refractivity contribution in [2.24, 2.45) is 0 Å². The molecular formula is C15H22N4OS. The molecule has 1 aliphatic rings. The summed E-state index contributed by atoms with van der Waals surface area (Å²) in [5.41, 5.74) is 2.18. The highest BCUT2D eigenvalue weighted by Crippen LogP contribution is 2.17. The second-order valence-electron chi connectivity index (χ2n) is 5.69. The highest BCUT2D eigenvalue weighted by atomic mass is 32.1. The first-order valence-electron chi connectivity index (χ1n) is 7.60. The van der Waals surface area contributed by atoms with E-state index in [4.69, 9.17) is 0 Å². The van der Waals surface area contributed by atoms with Gasteiger partial charge in [-0.25, -0.2) is 4.98 Å². The summed E-state index contributed by atoms with van der Waals surface area (Å²) in [4.78, 5) is 19.9. The van der Waals surface area contributed by atoms with Crippen LogP contribution in [0, 0.1) is 6.92 Å². The number of nitrogens with zero attached hydrogens (tertiary/aromatic N) is 3. The number of aryl methyl sites for hydroxylation is 1. The Bertz CT molecular complexity index is 627. The minimum Gasteiger partial charge on any atom is -0.341 e. The first kappa shape index (κ1) is 14.5. The van der Waals surface area contributed by atoms with E-state index in [0.29, 0.717) is 6.54 Å². The number of imidazole rings is 1. The molecular weight excluding hydrogens is 284 g/mol. The molecule has 0 radical (unpaired) electrons. The summed E-state index contributed by atoms with van der Waals surface area (Å²) in [6.45, 7) is 6.47. The lowest BCUT2D eigenvalue weighted by molar-refractivity contribution is -0.133. The van der Waals surface area contributed by atoms with Crippen LogP contribution in [-0.2, 0) is 11.3 Å². The van der Waals surface area contributed by atoms with Crippen molar-refractivity contribution in [3.8, 4) is 0 Å². The van der Waals surface area contributed by atoms with Crippen molar-refractivity contribution in [2.75, 3.05) is 13.1 Å². The minimum absolute atomic E-state index is 0.147. The SMILES string of the molecule is Cc1nc2sccn2c1CNC(C)C(=O)N1CCCCC1. The summed E-state index contributed by atoms with van der Waals surface area (Å²) in [7, 11) is 0. The van der Waals surface area contributed by atoms with Crippen molar-refractivity contribution in [2.45, 2.75) is 45.7 Å². The number of aromatic nitrogens is 2. The number of thiazole rings is 1. The molecule has 1 fully saturated rings. The summed E-state index contributed by atoms with van der Waals surface area (Å²) < 4.78 is 2.10. The van der Waals surface area contributed by atoms with Crippen LogP contribution in [0.1, 0.15) is 37.6 Å². The number of carbonyl (C=O) groups excluding carboxylic acids is 1. The lowest BCUT2D eigenvalue weighted by atomic mass is 10.1. The Balaban J connectivity index is 1.62. The van der Waals surface area contributed by atoms with Crippen LogP contribution < -0.4 is 5.32 Å². The van der Waals surface area contributed by atoms with Gasteiger partial charge in [0, 0.05) is 31.2 Å². The standard InChI is InChI=1S/C15H22N4OS/c1-11-13(19-8-9-21-15(19)17-11)10-16-12(2)14(20)18-6-4-3-5-7-18/h8-9,12,16H,3-7,10H2,1-2H3. The number of hydrogen-bond acceptors (Lipinski definition) is 4. The number of piperidine rings is 1. The van der Waals surface area contributed by atoms with E-state index in [1.54, 1.807) is 11.3 Å². The van der Waals surface area contributed by atoms with Crippen LogP contribution in [0.3, 0.4) is 0 Å². The van der Waals surface area contributed by atoms with Gasteiger partial charge in [-0.3, -0.25) is 9.20 Å². The molecule has 0 spiro atoms. The molecule has 2 aromatic rings. The van der Waals surface area contributed by atoms with Crippen LogP contribution in [0.2, 0.25) is 0 Å². The van der Waals surface area contributed by atoms with E-state index in [2.05, 4.69) is 14.7 Å². The van der Waals surface area contributed by atoms with E-state index in [0.717, 1.165) is 42.3 Å². The predicted octanol–water partition coefficient (Wildman–Crippen LogP) is 2.19. The molecule has 1 saturated heterocycles. The van der Waals surface area contributed by atoms with E-state index in [-0.39, 0.29) is 11.9 Å². The molecule has 1 unspecified atom stereocenters. The Morgan fingerprint density at radius 3 is 2.95 bits per heavy atom. The van der Waals surface area contributed by atoms with Gasteiger partial charge in [0.2, 0.25) is 5.91 Å². The highest BCUT2D eigenvalue weighted by molar-refractivity contribution is 7.15. The zero-order valence-corrected chi connectivity index (χ0v) is 13.4. The largest absolute Gasteiger partial charge is 0.341 e. The van der Waals surface area contributed by atoms with E-state index < -0.39 is 0 Å². The van der Waals surface area contributed by atoms with E-state index >= 15 is 0 Å². The third-order valence-electron chi connectivity index (χ3n) is 4.18. The van der Waals surface area contributed by atoms with Gasteiger partial charge >= 0.3 is 0 Å². The van der Waals surface area contributed by atoms with Gasteiger partial charge in [-0.05, 0) is 33.1 Å². The zero-order valence-electron chi connectivity index (χ0n) is 12.6. The Kier molecular flexibility index (Phi) is 4.26. The fourth-order valence-corrected chi connectivity index (χ4v) is 3.66. The third-order valence-corrected chi connectivity index (χ3v) is 4.93. The molecule has 1 atom stereocenters. The van der Waals surface area contributed by atoms with Crippen LogP contribution >= 0.6 is 11.3 Å². The van der Waals surface area contributed by atoms with Crippen molar-refractivity contribution in [3.05, 3.63) is 23.0 Å². The second kappa shape index (κ2) is 6.15. The number of hydrogen-bond donors (Lipinski definition) is 1. The average Bonchev–Trinajstić information content (AvgIpc) is 3.06. The maximum absolute atomic E-state index is 12.4. The number of nitrogens with one attached hydrogen (secondary N) is 1. The molecule has 0 saturated carbocycles. The molecule has 1 aliphatic heterocycles. The maximum atomic E-state index is 12.4. The number of fused-ring (bicyclic) bond motifs is 1. The van der Waals surface area contributed by atoms with Crippen LogP contribution in [-0.4, -0.2) is 39.3 Å². The lowest BCUT2D eigenvalue weighted by Crippen LogP contribution is -2.46. The molecule has 0 aliphatic carbocycles. The van der Waals surface area contributed by atoms with E-state index in [1.807, 2.05) is 30.3 Å². The van der Waals surface area contributed by atoms with Crippen LogP contribution in [0.15, 0.2) is 11.6 Å². The maximum Gasteiger partial charge on any atom is 0.239 e. The van der Waals surface area contributed by atoms with Crippen LogP contribution in [0.25, 0.3) is 4.96 Å². The molecule has 3 heterocycles. The fourth-order valence-electron chi connectivity index (χ4n) is 2.88. The summed E-state index contributed by atoms with van der Waals surface area (Å²) in [6.07, 6.45) is 5.55. The Morgan fingerprint density at radius 2 is 2.19 bits per heavy atom. The third kappa shape index (κ3) is 2.96. The van der Waals surface area contributed by atoms with Crippen LogP contribution in [0.5, 0.6) is 0 Å². The Hall–Kier alpha value is -1.40. The van der Waals surface area contributed by atoms with Gasteiger partial charge in [-0.2, -0.15) is 0 Å². The first-order valence-corrected chi connectivity index (χ1v) is 8.48. The van der Waals surface area contributed by atoms with Gasteiger partial charge in [0.25, 0.3) is 0 Å². The second-order valence-corrected chi connectivity index (χ2v) is 6.56. The molecule has 3 rings (SSSR count). The van der Waals surface area contributed by atoms with Gasteiger partial charge in [-0.1, -0.05) is 0 Å². The van der Waals surface area contributed by atoms with Crippen molar-refractivity contribution in [1.82, 2.24) is 19.6 Å².